The van der Waals surface area contributed by atoms with Crippen molar-refractivity contribution in [2.24, 2.45) is 0 Å². The summed E-state index contributed by atoms with van der Waals surface area (Å²) in [5, 5.41) is 4.16. The van der Waals surface area contributed by atoms with Crippen molar-refractivity contribution < 1.29 is 4.39 Å². The lowest BCUT2D eigenvalue weighted by Crippen LogP contribution is -2.41. The first-order valence-electron chi connectivity index (χ1n) is 10.1. The third kappa shape index (κ3) is 3.41. The van der Waals surface area contributed by atoms with Crippen LogP contribution in [-0.2, 0) is 0 Å². The maximum absolute atomic E-state index is 14.8. The van der Waals surface area contributed by atoms with E-state index in [1.54, 1.807) is 22.7 Å². The number of halogens is 1. The maximum Gasteiger partial charge on any atom is 0.165 e. The van der Waals surface area contributed by atoms with Crippen LogP contribution in [0.25, 0.3) is 20.4 Å². The molecule has 1 N–H and O–H groups in total. The van der Waals surface area contributed by atoms with Gasteiger partial charge in [-0.1, -0.05) is 6.92 Å². The number of thiophene rings is 1. The fourth-order valence-electron chi connectivity index (χ4n) is 4.41. The zero-order valence-corrected chi connectivity index (χ0v) is 18.1. The Labute approximate surface area is 177 Å². The highest BCUT2D eigenvalue weighted by Gasteiger charge is 2.30. The van der Waals surface area contributed by atoms with Gasteiger partial charge in [0.15, 0.2) is 5.82 Å². The van der Waals surface area contributed by atoms with E-state index < -0.39 is 0 Å². The van der Waals surface area contributed by atoms with Crippen molar-refractivity contribution in [2.75, 3.05) is 18.4 Å². The number of aromatic nitrogens is 2. The largest absolute Gasteiger partial charge is 0.352 e. The molecule has 1 fully saturated rings. The molecular formula is C22H23FN4S2. The quantitative estimate of drug-likeness (QED) is 0.411. The summed E-state index contributed by atoms with van der Waals surface area (Å²) in [5.74, 6) is 0.150. The number of hydrogen-bond donors (Lipinski definition) is 1. The van der Waals surface area contributed by atoms with Crippen LogP contribution in [0.1, 0.15) is 37.5 Å². The zero-order valence-electron chi connectivity index (χ0n) is 16.5. The van der Waals surface area contributed by atoms with E-state index in [4.69, 9.17) is 0 Å². The lowest BCUT2D eigenvalue weighted by molar-refractivity contribution is 0.148. The molecule has 29 heavy (non-hydrogen) atoms. The first-order chi connectivity index (χ1) is 14.1. The van der Waals surface area contributed by atoms with E-state index in [1.165, 1.54) is 23.9 Å². The molecule has 0 unspecified atom stereocenters. The molecule has 1 aliphatic rings. The number of likely N-dealkylation sites (N-methyl/N-ethyl adjacent to an activating group) is 1. The van der Waals surface area contributed by atoms with Crippen molar-refractivity contribution in [1.29, 1.82) is 0 Å². The summed E-state index contributed by atoms with van der Waals surface area (Å²) in [6, 6.07) is 8.61. The van der Waals surface area contributed by atoms with Gasteiger partial charge in [0.25, 0.3) is 0 Å². The molecule has 5 rings (SSSR count). The number of nitrogens with zero attached hydrogens (tertiary/aromatic N) is 3. The minimum atomic E-state index is -0.327. The number of pyridine rings is 1. The average molecular weight is 427 g/mol. The summed E-state index contributed by atoms with van der Waals surface area (Å²) >= 11 is 3.31. The highest BCUT2D eigenvalue weighted by atomic mass is 32.1. The van der Waals surface area contributed by atoms with Crippen LogP contribution in [0.15, 0.2) is 36.0 Å². The van der Waals surface area contributed by atoms with Gasteiger partial charge in [-0.2, -0.15) is 0 Å². The number of likely N-dealkylation sites (tertiary alicyclic amines) is 1. The summed E-state index contributed by atoms with van der Waals surface area (Å²) in [7, 11) is 0. The van der Waals surface area contributed by atoms with E-state index in [1.807, 2.05) is 23.7 Å². The number of hydrogen-bond acceptors (Lipinski definition) is 6. The van der Waals surface area contributed by atoms with Crippen molar-refractivity contribution in [3.8, 4) is 0 Å². The Morgan fingerprint density at radius 2 is 2.17 bits per heavy atom. The number of anilines is 2. The van der Waals surface area contributed by atoms with Crippen LogP contribution in [0.4, 0.5) is 15.8 Å². The second-order valence-corrected chi connectivity index (χ2v) is 9.58. The van der Waals surface area contributed by atoms with Crippen molar-refractivity contribution in [3.63, 3.8) is 0 Å². The summed E-state index contributed by atoms with van der Waals surface area (Å²) in [6.45, 7) is 6.77. The molecule has 0 radical (unpaired) electrons. The molecule has 4 nitrogen and oxygen atoms in total. The number of fused-ring (bicyclic) bond motifs is 2. The third-order valence-electron chi connectivity index (χ3n) is 6.02. The molecule has 0 amide bonds. The minimum absolute atomic E-state index is 0.327. The fraction of sp³-hybridized carbons (Fsp3) is 0.364. The Balaban J connectivity index is 1.52. The summed E-state index contributed by atoms with van der Waals surface area (Å²) < 4.78 is 15.9. The van der Waals surface area contributed by atoms with Gasteiger partial charge in [-0.05, 0) is 57.1 Å². The van der Waals surface area contributed by atoms with Gasteiger partial charge in [0.2, 0.25) is 0 Å². The summed E-state index contributed by atoms with van der Waals surface area (Å²) in [4.78, 5) is 13.5. The summed E-state index contributed by atoms with van der Waals surface area (Å²) in [6.07, 6.45) is 3.71. The zero-order chi connectivity index (χ0) is 20.0. The minimum Gasteiger partial charge on any atom is -0.352 e. The molecule has 0 saturated carbocycles. The van der Waals surface area contributed by atoms with Gasteiger partial charge in [0.05, 0.1) is 27.6 Å². The predicted molar refractivity (Wildman–Crippen MR) is 121 cm³/mol. The highest BCUT2D eigenvalue weighted by Crippen LogP contribution is 2.41. The lowest BCUT2D eigenvalue weighted by Gasteiger charge is -2.38. The van der Waals surface area contributed by atoms with Gasteiger partial charge in [0, 0.05) is 27.9 Å². The molecule has 4 aromatic rings. The maximum atomic E-state index is 14.8. The molecule has 4 heterocycles. The topological polar surface area (TPSA) is 41.0 Å². The molecule has 7 heteroatoms. The molecule has 0 bridgehead atoms. The predicted octanol–water partition coefficient (Wildman–Crippen LogP) is 6.38. The van der Waals surface area contributed by atoms with E-state index in [-0.39, 0.29) is 5.82 Å². The van der Waals surface area contributed by atoms with Crippen molar-refractivity contribution in [2.45, 2.75) is 38.6 Å². The number of piperidine rings is 1. The van der Waals surface area contributed by atoms with E-state index in [9.17, 15) is 4.39 Å². The highest BCUT2D eigenvalue weighted by molar-refractivity contribution is 7.18. The molecule has 2 atom stereocenters. The van der Waals surface area contributed by atoms with Gasteiger partial charge >= 0.3 is 0 Å². The Hall–Kier alpha value is -2.09. The Bertz CT molecular complexity index is 1170. The number of rotatable bonds is 4. The molecule has 1 saturated heterocycles. The van der Waals surface area contributed by atoms with E-state index in [0.717, 1.165) is 39.2 Å². The summed E-state index contributed by atoms with van der Waals surface area (Å²) in [5.41, 5.74) is 4.09. The van der Waals surface area contributed by atoms with Crippen LogP contribution < -0.4 is 5.32 Å². The van der Waals surface area contributed by atoms with Crippen molar-refractivity contribution in [1.82, 2.24) is 14.9 Å². The van der Waals surface area contributed by atoms with Crippen LogP contribution in [-0.4, -0.2) is 34.0 Å². The van der Waals surface area contributed by atoms with E-state index >= 15 is 0 Å². The van der Waals surface area contributed by atoms with Crippen LogP contribution in [0.2, 0.25) is 0 Å². The number of thiazole rings is 1. The second-order valence-electron chi connectivity index (χ2n) is 7.63. The van der Waals surface area contributed by atoms with Gasteiger partial charge in [-0.3, -0.25) is 0 Å². The van der Waals surface area contributed by atoms with Crippen LogP contribution in [0.5, 0.6) is 0 Å². The van der Waals surface area contributed by atoms with Crippen LogP contribution in [0.3, 0.4) is 0 Å². The molecular weight excluding hydrogens is 403 g/mol. The monoisotopic (exact) mass is 426 g/mol. The van der Waals surface area contributed by atoms with Crippen LogP contribution in [0, 0.1) is 5.82 Å². The molecule has 3 aromatic heterocycles. The SMILES string of the molecule is CCN1CCC[C@@H](c2cc3c(Nc4ccc5scnc5c4)c(F)cnc3s2)[C@@H]1C. The van der Waals surface area contributed by atoms with Gasteiger partial charge < -0.3 is 10.2 Å². The van der Waals surface area contributed by atoms with Gasteiger partial charge in [-0.15, -0.1) is 22.7 Å². The van der Waals surface area contributed by atoms with Gasteiger partial charge in [-0.25, -0.2) is 14.4 Å². The van der Waals surface area contributed by atoms with Crippen molar-refractivity contribution >= 4 is 54.5 Å². The smallest absolute Gasteiger partial charge is 0.165 e. The fourth-order valence-corrected chi connectivity index (χ4v) is 6.31. The third-order valence-corrected chi connectivity index (χ3v) is 8.01. The molecule has 1 aromatic carbocycles. The van der Waals surface area contributed by atoms with Gasteiger partial charge in [0.1, 0.15) is 4.83 Å². The Morgan fingerprint density at radius 1 is 1.28 bits per heavy atom. The van der Waals surface area contributed by atoms with E-state index in [2.05, 4.69) is 40.1 Å². The average Bonchev–Trinajstić information content (AvgIpc) is 3.37. The van der Waals surface area contributed by atoms with Crippen molar-refractivity contribution in [3.05, 3.63) is 46.7 Å². The second kappa shape index (κ2) is 7.63. The molecule has 0 aliphatic carbocycles. The molecule has 150 valence electrons. The molecule has 0 spiro atoms. The Morgan fingerprint density at radius 3 is 3.03 bits per heavy atom. The first kappa shape index (κ1) is 18.9. The lowest BCUT2D eigenvalue weighted by atomic mass is 9.89. The Kier molecular flexibility index (Phi) is 4.97. The van der Waals surface area contributed by atoms with E-state index in [0.29, 0.717) is 17.6 Å². The molecule has 1 aliphatic heterocycles. The number of benzene rings is 1. The normalized spacial score (nSPS) is 20.5. The standard InChI is InChI=1S/C22H23FN4S2/c1-3-27-8-4-5-15(13(27)2)20-10-16-21(17(23)11-24-22(16)29-20)26-14-6-7-19-18(9-14)25-12-28-19/h6-7,9-13,15H,3-5,8H2,1-2H3,(H,24,26)/t13-,15+/m0/s1. The first-order valence-corrected chi connectivity index (χ1v) is 11.8. The van der Waals surface area contributed by atoms with Crippen LogP contribution >= 0.6 is 22.7 Å². The number of nitrogens with one attached hydrogen (secondary N) is 1.